The lowest BCUT2D eigenvalue weighted by Crippen LogP contribution is -2.57. The molecule has 0 radical (unpaired) electrons. The van der Waals surface area contributed by atoms with Crippen molar-refractivity contribution in [3.05, 3.63) is 11.8 Å². The molecule has 2 heterocycles. The fourth-order valence-corrected chi connectivity index (χ4v) is 7.55. The summed E-state index contributed by atoms with van der Waals surface area (Å²) in [6.07, 6.45) is 9.10. The Hall–Kier alpha value is -0.830. The molecule has 2 aliphatic heterocycles. The Morgan fingerprint density at radius 1 is 1.13 bits per heavy atom. The maximum Gasteiger partial charge on any atom is 0.159 e. The highest BCUT2D eigenvalue weighted by molar-refractivity contribution is 5.91. The molecule has 6 unspecified atom stereocenters. The molecule has 0 aromatic rings. The van der Waals surface area contributed by atoms with Crippen LogP contribution in [0.3, 0.4) is 0 Å². The molecule has 2 aliphatic carbocycles. The van der Waals surface area contributed by atoms with Crippen LogP contribution < -0.4 is 0 Å². The van der Waals surface area contributed by atoms with Crippen LogP contribution in [0.15, 0.2) is 11.8 Å². The van der Waals surface area contributed by atoms with Gasteiger partial charge in [-0.3, -0.25) is 4.79 Å². The van der Waals surface area contributed by atoms with E-state index in [4.69, 9.17) is 9.47 Å². The summed E-state index contributed by atoms with van der Waals surface area (Å²) in [7, 11) is 0. The van der Waals surface area contributed by atoms with Crippen molar-refractivity contribution < 1.29 is 14.3 Å². The zero-order valence-electron chi connectivity index (χ0n) is 20.6. The summed E-state index contributed by atoms with van der Waals surface area (Å²) in [4.78, 5) is 12.0. The molecule has 0 aromatic carbocycles. The topological polar surface area (TPSA) is 38.8 Å². The molecule has 4 aliphatic rings. The number of epoxide rings is 1. The van der Waals surface area contributed by atoms with Gasteiger partial charge in [0.15, 0.2) is 5.78 Å². The predicted octanol–water partition coefficient (Wildman–Crippen LogP) is 6.56. The number of hydrogen-bond acceptors (Lipinski definition) is 3. The lowest BCUT2D eigenvalue weighted by Gasteiger charge is -2.61. The summed E-state index contributed by atoms with van der Waals surface area (Å²) >= 11 is 0. The Labute approximate surface area is 184 Å². The van der Waals surface area contributed by atoms with Crippen molar-refractivity contribution in [3.8, 4) is 0 Å². The summed E-state index contributed by atoms with van der Waals surface area (Å²) in [5.41, 5.74) is 0.486. The van der Waals surface area contributed by atoms with E-state index in [1.165, 1.54) is 25.7 Å². The molecule has 30 heavy (non-hydrogen) atoms. The van der Waals surface area contributed by atoms with Gasteiger partial charge in [0, 0.05) is 23.8 Å². The van der Waals surface area contributed by atoms with E-state index in [1.807, 2.05) is 6.08 Å². The van der Waals surface area contributed by atoms with Gasteiger partial charge < -0.3 is 9.47 Å². The number of carbonyl (C=O) groups excluding carboxylic acids is 1. The number of carbonyl (C=O) groups is 1. The highest BCUT2D eigenvalue weighted by Crippen LogP contribution is 2.63. The van der Waals surface area contributed by atoms with Crippen LogP contribution >= 0.6 is 0 Å². The number of ether oxygens (including phenoxy) is 2. The van der Waals surface area contributed by atoms with Gasteiger partial charge in [0.25, 0.3) is 0 Å². The van der Waals surface area contributed by atoms with Crippen LogP contribution in [-0.2, 0) is 14.3 Å². The van der Waals surface area contributed by atoms with Crippen LogP contribution in [0.1, 0.15) is 93.9 Å². The van der Waals surface area contributed by atoms with E-state index in [9.17, 15) is 4.79 Å². The molecule has 1 saturated carbocycles. The molecule has 0 spiro atoms. The predicted molar refractivity (Wildman–Crippen MR) is 121 cm³/mol. The second kappa shape index (κ2) is 7.36. The maximum atomic E-state index is 12.0. The molecule has 3 fully saturated rings. The number of fused-ring (bicyclic) bond motifs is 3. The van der Waals surface area contributed by atoms with Crippen molar-refractivity contribution in [2.45, 2.75) is 112 Å². The van der Waals surface area contributed by atoms with E-state index >= 15 is 0 Å². The van der Waals surface area contributed by atoms with Crippen molar-refractivity contribution in [1.29, 1.82) is 0 Å². The zero-order chi connectivity index (χ0) is 22.1. The van der Waals surface area contributed by atoms with E-state index < -0.39 is 0 Å². The second-order valence-corrected chi connectivity index (χ2v) is 12.3. The third-order valence-corrected chi connectivity index (χ3v) is 10.4. The molecule has 170 valence electrons. The summed E-state index contributed by atoms with van der Waals surface area (Å²) < 4.78 is 12.3. The van der Waals surface area contributed by atoms with Crippen LogP contribution in [0.4, 0.5) is 0 Å². The van der Waals surface area contributed by atoms with Gasteiger partial charge in [0.05, 0.1) is 17.8 Å². The molecule has 2 saturated heterocycles. The first-order valence-electron chi connectivity index (χ1n) is 12.5. The first kappa shape index (κ1) is 22.4. The van der Waals surface area contributed by atoms with Crippen LogP contribution in [0.2, 0.25) is 0 Å². The summed E-state index contributed by atoms with van der Waals surface area (Å²) in [5, 5.41) is 0. The molecule has 0 amide bonds. The smallest absolute Gasteiger partial charge is 0.159 e. The van der Waals surface area contributed by atoms with Gasteiger partial charge in [-0.25, -0.2) is 0 Å². The minimum absolute atomic E-state index is 0.0461. The van der Waals surface area contributed by atoms with E-state index in [2.05, 4.69) is 55.4 Å². The Kier molecular flexibility index (Phi) is 5.48. The van der Waals surface area contributed by atoms with E-state index in [0.29, 0.717) is 47.5 Å². The average molecular weight is 417 g/mol. The molecule has 4 rings (SSSR count). The van der Waals surface area contributed by atoms with Crippen LogP contribution in [0.25, 0.3) is 0 Å². The van der Waals surface area contributed by atoms with Crippen molar-refractivity contribution in [2.75, 3.05) is 0 Å². The highest BCUT2D eigenvalue weighted by atomic mass is 16.6. The average Bonchev–Trinajstić information content (AvgIpc) is 3.30. The lowest BCUT2D eigenvalue weighted by molar-refractivity contribution is -0.161. The van der Waals surface area contributed by atoms with Crippen molar-refractivity contribution in [3.63, 3.8) is 0 Å². The van der Waals surface area contributed by atoms with Gasteiger partial charge in [0.2, 0.25) is 0 Å². The van der Waals surface area contributed by atoms with Gasteiger partial charge in [-0.15, -0.1) is 0 Å². The van der Waals surface area contributed by atoms with Crippen molar-refractivity contribution in [2.24, 2.45) is 40.4 Å². The number of allylic oxidation sites excluding steroid dienone is 2. The monoisotopic (exact) mass is 416 g/mol. The van der Waals surface area contributed by atoms with Gasteiger partial charge in [-0.2, -0.15) is 0 Å². The Morgan fingerprint density at radius 3 is 2.43 bits per heavy atom. The van der Waals surface area contributed by atoms with E-state index in [0.717, 1.165) is 12.2 Å². The van der Waals surface area contributed by atoms with E-state index in [-0.39, 0.29) is 22.9 Å². The highest BCUT2D eigenvalue weighted by Gasteiger charge is 2.58. The first-order chi connectivity index (χ1) is 13.9. The van der Waals surface area contributed by atoms with Crippen molar-refractivity contribution in [1.82, 2.24) is 0 Å². The third-order valence-electron chi connectivity index (χ3n) is 10.4. The van der Waals surface area contributed by atoms with Gasteiger partial charge in [-0.1, -0.05) is 34.6 Å². The molecule has 3 heteroatoms. The zero-order valence-corrected chi connectivity index (χ0v) is 20.6. The molecule has 0 bridgehead atoms. The Bertz CT molecular complexity index is 724. The fraction of sp³-hybridized carbons (Fsp3) is 0.889. The fourth-order valence-electron chi connectivity index (χ4n) is 7.55. The molecule has 3 nitrogen and oxygen atoms in total. The van der Waals surface area contributed by atoms with Crippen molar-refractivity contribution >= 4 is 5.78 Å². The minimum atomic E-state index is 0.0461. The standard InChI is InChI=1S/C27H44O3/c1-16(9-10-22-25(5,6)30-22)17(2)26(7)14-12-21-24(18(26)3)19(4)29-23-15-20(28)11-13-27(21,23)8/h15-19,21-22,24H,9-14H2,1-8H3/t16-,17?,18+,19?,21+,22?,24?,26?,27?/m1/s1. The lowest BCUT2D eigenvalue weighted by atomic mass is 9.47. The number of ketones is 1. The first-order valence-corrected chi connectivity index (χ1v) is 12.5. The van der Waals surface area contributed by atoms with E-state index in [1.54, 1.807) is 0 Å². The van der Waals surface area contributed by atoms with Crippen LogP contribution in [-0.4, -0.2) is 23.6 Å². The number of rotatable bonds is 5. The Balaban J connectivity index is 1.50. The summed E-state index contributed by atoms with van der Waals surface area (Å²) in [6.45, 7) is 19.1. The van der Waals surface area contributed by atoms with Gasteiger partial charge in [-0.05, 0) is 82.0 Å². The maximum absolute atomic E-state index is 12.0. The molecular weight excluding hydrogens is 372 g/mol. The minimum Gasteiger partial charge on any atom is -0.494 e. The third kappa shape index (κ3) is 3.48. The normalized spacial score (nSPS) is 46.7. The van der Waals surface area contributed by atoms with Gasteiger partial charge >= 0.3 is 0 Å². The van der Waals surface area contributed by atoms with Crippen LogP contribution in [0.5, 0.6) is 0 Å². The molecule has 9 atom stereocenters. The quantitative estimate of drug-likeness (QED) is 0.477. The summed E-state index contributed by atoms with van der Waals surface area (Å²) in [6, 6.07) is 0. The number of hydrogen-bond donors (Lipinski definition) is 0. The molecular formula is C27H44O3. The largest absolute Gasteiger partial charge is 0.494 e. The summed E-state index contributed by atoms with van der Waals surface area (Å²) in [5.74, 6) is 4.43. The Morgan fingerprint density at radius 2 is 1.80 bits per heavy atom. The van der Waals surface area contributed by atoms with Gasteiger partial charge in [0.1, 0.15) is 5.76 Å². The molecule has 0 aromatic heterocycles. The second-order valence-electron chi connectivity index (χ2n) is 12.3. The van der Waals surface area contributed by atoms with Crippen LogP contribution in [0, 0.1) is 40.4 Å². The molecule has 0 N–H and O–H groups in total. The SMILES string of the molecule is CC1OC2=CC(=O)CCC2(C)[C@H]2CCC(C)(C(C)[C@H](C)CCC3OC3(C)C)[C@@H](C)C12.